The zero-order valence-electron chi connectivity index (χ0n) is 7.71. The maximum Gasteiger partial charge on any atom is 0.130 e. The summed E-state index contributed by atoms with van der Waals surface area (Å²) in [5.41, 5.74) is 0. The lowest BCUT2D eigenvalue weighted by Gasteiger charge is -2.00. The van der Waals surface area contributed by atoms with Gasteiger partial charge in [-0.3, -0.25) is 0 Å². The molecule has 0 radical (unpaired) electrons. The van der Waals surface area contributed by atoms with Crippen molar-refractivity contribution in [2.45, 2.75) is 33.1 Å². The number of rotatable bonds is 5. The number of carbonyl (C=O) groups is 1. The van der Waals surface area contributed by atoms with Crippen LogP contribution in [0.2, 0.25) is 0 Å². The lowest BCUT2D eigenvalue weighted by molar-refractivity contribution is -0.117. The zero-order valence-corrected chi connectivity index (χ0v) is 7.71. The first-order valence-corrected chi connectivity index (χ1v) is 4.20. The van der Waals surface area contributed by atoms with Crippen molar-refractivity contribution < 1.29 is 4.79 Å². The summed E-state index contributed by atoms with van der Waals surface area (Å²) in [6.45, 7) is 3.60. The number of carbonyl (C=O) groups excluding carboxylic acids is 1. The van der Waals surface area contributed by atoms with Gasteiger partial charge in [0.2, 0.25) is 0 Å². The van der Waals surface area contributed by atoms with Crippen molar-refractivity contribution >= 4 is 5.78 Å². The normalized spacial score (nSPS) is 12.8. The molecule has 66 valence electrons. The smallest absolute Gasteiger partial charge is 0.130 e. The van der Waals surface area contributed by atoms with Crippen molar-refractivity contribution in [2.75, 3.05) is 0 Å². The maximum atomic E-state index is 10.7. The van der Waals surface area contributed by atoms with Crippen molar-refractivity contribution in [3.05, 3.63) is 12.2 Å². The lowest BCUT2D eigenvalue weighted by atomic mass is 10.0. The Balaban J connectivity index is 3.54. The summed E-state index contributed by atoms with van der Waals surface area (Å²) in [5, 5.41) is 8.24. The third kappa shape index (κ3) is 7.01. The second-order valence-electron chi connectivity index (χ2n) is 3.01. The number of unbranched alkanes of at least 4 members (excludes halogenated alkanes) is 1. The summed E-state index contributed by atoms with van der Waals surface area (Å²) in [4.78, 5) is 10.7. The van der Waals surface area contributed by atoms with Gasteiger partial charge in [0, 0.05) is 12.8 Å². The maximum absolute atomic E-state index is 10.7. The number of nitrogens with zero attached hydrogens (tertiary/aromatic N) is 1. The highest BCUT2D eigenvalue weighted by molar-refractivity contribution is 5.75. The van der Waals surface area contributed by atoms with E-state index in [-0.39, 0.29) is 5.78 Å². The molecule has 0 spiro atoms. The van der Waals surface area contributed by atoms with Crippen LogP contribution in [-0.2, 0) is 4.79 Å². The molecule has 0 saturated heterocycles. The molecule has 0 aromatic heterocycles. The van der Waals surface area contributed by atoms with Gasteiger partial charge in [-0.25, -0.2) is 0 Å². The Labute approximate surface area is 73.9 Å². The molecular weight excluding hydrogens is 150 g/mol. The fourth-order valence-corrected chi connectivity index (χ4v) is 0.998. The van der Waals surface area contributed by atoms with Gasteiger partial charge in [-0.1, -0.05) is 19.1 Å². The summed E-state index contributed by atoms with van der Waals surface area (Å²) in [6, 6.07) is 2.06. The topological polar surface area (TPSA) is 40.9 Å². The Hall–Kier alpha value is -1.10. The van der Waals surface area contributed by atoms with Crippen LogP contribution in [0.5, 0.6) is 0 Å². The average molecular weight is 165 g/mol. The summed E-state index contributed by atoms with van der Waals surface area (Å²) >= 11 is 0. The molecule has 0 N–H and O–H groups in total. The molecule has 0 bridgehead atoms. The minimum atomic E-state index is 0.215. The number of nitriles is 1. The van der Waals surface area contributed by atoms with E-state index in [1.807, 2.05) is 19.1 Å². The number of hydrogen-bond donors (Lipinski definition) is 0. The zero-order chi connectivity index (χ0) is 9.40. The van der Waals surface area contributed by atoms with E-state index in [1.165, 1.54) is 0 Å². The van der Waals surface area contributed by atoms with Crippen LogP contribution in [0, 0.1) is 17.2 Å². The predicted octanol–water partition coefficient (Wildman–Crippen LogP) is 2.46. The molecule has 0 rings (SSSR count). The van der Waals surface area contributed by atoms with Gasteiger partial charge in [-0.05, 0) is 19.3 Å². The monoisotopic (exact) mass is 165 g/mol. The largest absolute Gasteiger partial charge is 0.300 e. The van der Waals surface area contributed by atoms with Crippen LogP contribution in [-0.4, -0.2) is 5.78 Å². The molecule has 0 amide bonds. The minimum Gasteiger partial charge on any atom is -0.300 e. The molecular formula is C10H15NO. The first-order valence-electron chi connectivity index (χ1n) is 4.20. The molecule has 2 nitrogen and oxygen atoms in total. The molecule has 1 unspecified atom stereocenters. The van der Waals surface area contributed by atoms with Crippen LogP contribution in [0.25, 0.3) is 0 Å². The molecule has 12 heavy (non-hydrogen) atoms. The second kappa shape index (κ2) is 6.60. The first kappa shape index (κ1) is 10.9. The fourth-order valence-electron chi connectivity index (χ4n) is 0.998. The summed E-state index contributed by atoms with van der Waals surface area (Å²) in [6.07, 6.45) is 5.92. The van der Waals surface area contributed by atoms with Crippen LogP contribution in [0.15, 0.2) is 12.2 Å². The lowest BCUT2D eigenvalue weighted by Crippen LogP contribution is -1.97. The van der Waals surface area contributed by atoms with Crippen LogP contribution >= 0.6 is 0 Å². The Morgan fingerprint density at radius 3 is 2.83 bits per heavy atom. The van der Waals surface area contributed by atoms with E-state index in [0.717, 1.165) is 6.42 Å². The van der Waals surface area contributed by atoms with Crippen LogP contribution < -0.4 is 0 Å². The molecule has 0 aliphatic carbocycles. The van der Waals surface area contributed by atoms with Crippen molar-refractivity contribution in [3.8, 4) is 6.07 Å². The Morgan fingerprint density at radius 2 is 2.33 bits per heavy atom. The highest BCUT2D eigenvalue weighted by Gasteiger charge is 1.99. The third-order valence-corrected chi connectivity index (χ3v) is 1.50. The van der Waals surface area contributed by atoms with Gasteiger partial charge in [0.05, 0.1) is 6.07 Å². The van der Waals surface area contributed by atoms with Gasteiger partial charge in [-0.15, -0.1) is 0 Å². The molecule has 0 aromatic carbocycles. The number of hydrogen-bond acceptors (Lipinski definition) is 2. The molecule has 0 aliphatic rings. The van der Waals surface area contributed by atoms with E-state index in [0.29, 0.717) is 18.8 Å². The summed E-state index contributed by atoms with van der Waals surface area (Å²) in [5.74, 6) is 0.522. The van der Waals surface area contributed by atoms with Gasteiger partial charge < -0.3 is 4.79 Å². The Bertz CT molecular complexity index is 200. The quantitative estimate of drug-likeness (QED) is 0.463. The molecule has 0 heterocycles. The van der Waals surface area contributed by atoms with E-state index in [9.17, 15) is 4.79 Å². The molecule has 1 atom stereocenters. The van der Waals surface area contributed by atoms with E-state index < -0.39 is 0 Å². The molecule has 0 fully saturated rings. The minimum absolute atomic E-state index is 0.215. The van der Waals surface area contributed by atoms with Crippen LogP contribution in [0.4, 0.5) is 0 Å². The van der Waals surface area contributed by atoms with Gasteiger partial charge in [0.25, 0.3) is 0 Å². The molecule has 0 aromatic rings. The average Bonchev–Trinajstić information content (AvgIpc) is 1.97. The van der Waals surface area contributed by atoms with E-state index in [1.54, 1.807) is 6.92 Å². The number of Topliss-reactive ketones (excluding diaryl/α,β-unsaturated/α-hetero) is 1. The third-order valence-electron chi connectivity index (χ3n) is 1.50. The SMILES string of the molecule is CC(=O)CC(C)/C=C/CCC#N. The van der Waals surface area contributed by atoms with Crippen molar-refractivity contribution in [3.63, 3.8) is 0 Å². The van der Waals surface area contributed by atoms with Crippen molar-refractivity contribution in [2.24, 2.45) is 5.92 Å². The standard InChI is InChI=1S/C10H15NO/c1-9(8-10(2)12)6-4-3-5-7-11/h4,6,9H,3,5,8H2,1-2H3/b6-4+. The Morgan fingerprint density at radius 1 is 1.67 bits per heavy atom. The highest BCUT2D eigenvalue weighted by atomic mass is 16.1. The summed E-state index contributed by atoms with van der Waals surface area (Å²) in [7, 11) is 0. The van der Waals surface area contributed by atoms with Gasteiger partial charge in [0.1, 0.15) is 5.78 Å². The molecule has 0 aliphatic heterocycles. The predicted molar refractivity (Wildman–Crippen MR) is 48.4 cm³/mol. The molecule has 0 saturated carbocycles. The van der Waals surface area contributed by atoms with Crippen molar-refractivity contribution in [1.82, 2.24) is 0 Å². The summed E-state index contributed by atoms with van der Waals surface area (Å²) < 4.78 is 0. The fraction of sp³-hybridized carbons (Fsp3) is 0.600. The number of ketones is 1. The van der Waals surface area contributed by atoms with Crippen LogP contribution in [0.1, 0.15) is 33.1 Å². The first-order chi connectivity index (χ1) is 5.66. The van der Waals surface area contributed by atoms with Gasteiger partial charge in [-0.2, -0.15) is 5.26 Å². The van der Waals surface area contributed by atoms with Gasteiger partial charge >= 0.3 is 0 Å². The highest BCUT2D eigenvalue weighted by Crippen LogP contribution is 2.05. The van der Waals surface area contributed by atoms with E-state index >= 15 is 0 Å². The second-order valence-corrected chi connectivity index (χ2v) is 3.01. The number of allylic oxidation sites excluding steroid dienone is 2. The van der Waals surface area contributed by atoms with Crippen molar-refractivity contribution in [1.29, 1.82) is 5.26 Å². The van der Waals surface area contributed by atoms with E-state index in [4.69, 9.17) is 5.26 Å². The van der Waals surface area contributed by atoms with Crippen LogP contribution in [0.3, 0.4) is 0 Å². The van der Waals surface area contributed by atoms with E-state index in [2.05, 4.69) is 6.07 Å². The van der Waals surface area contributed by atoms with Gasteiger partial charge in [0.15, 0.2) is 0 Å². The molecule has 2 heteroatoms. The Kier molecular flexibility index (Phi) is 6.00.